The summed E-state index contributed by atoms with van der Waals surface area (Å²) in [4.78, 5) is 13.6. The van der Waals surface area contributed by atoms with Gasteiger partial charge in [0.1, 0.15) is 6.04 Å². The van der Waals surface area contributed by atoms with E-state index in [4.69, 9.17) is 4.74 Å². The molecule has 1 atom stereocenters. The number of alkyl halides is 3. The Morgan fingerprint density at radius 2 is 1.92 bits per heavy atom. The van der Waals surface area contributed by atoms with Crippen LogP contribution in [-0.2, 0) is 18.0 Å². The zero-order valence-corrected chi connectivity index (χ0v) is 14.4. The zero-order valence-electron chi connectivity index (χ0n) is 13.6. The summed E-state index contributed by atoms with van der Waals surface area (Å²) in [6.45, 7) is 2.16. The predicted octanol–water partition coefficient (Wildman–Crippen LogP) is 1.70. The van der Waals surface area contributed by atoms with Gasteiger partial charge in [0.15, 0.2) is 0 Å². The first-order valence-electron chi connectivity index (χ1n) is 7.94. The first-order valence-corrected chi connectivity index (χ1v) is 7.94. The number of carbonyl (C=O) groups is 1. The Morgan fingerprint density at radius 1 is 1.24 bits per heavy atom. The van der Waals surface area contributed by atoms with Crippen LogP contribution >= 0.6 is 12.4 Å². The molecular weight excluding hydrogens is 359 g/mol. The molecule has 3 rings (SSSR count). The number of hydrogen-bond acceptors (Lipinski definition) is 4. The summed E-state index contributed by atoms with van der Waals surface area (Å²) in [5, 5.41) is 5.46. The van der Waals surface area contributed by atoms with Gasteiger partial charge in [-0.3, -0.25) is 9.69 Å². The SMILES string of the molecule is Cl.O=C(NCC(N1CCNCC1)C(F)(F)F)c1ccc2c(c1)COC2. The average Bonchev–Trinajstić information content (AvgIpc) is 3.02. The quantitative estimate of drug-likeness (QED) is 0.836. The van der Waals surface area contributed by atoms with Gasteiger partial charge in [0.05, 0.1) is 13.2 Å². The number of hydrogen-bond donors (Lipinski definition) is 2. The standard InChI is InChI=1S/C16H20F3N3O2.ClH/c17-16(18,19)14(22-5-3-20-4-6-22)8-21-15(23)11-1-2-12-9-24-10-13(12)7-11;/h1-2,7,14,20H,3-6,8-10H2,(H,21,23);1H. The molecule has 25 heavy (non-hydrogen) atoms. The Morgan fingerprint density at radius 3 is 2.60 bits per heavy atom. The third kappa shape index (κ3) is 4.84. The number of nitrogens with zero attached hydrogens (tertiary/aromatic N) is 1. The van der Waals surface area contributed by atoms with Gasteiger partial charge in [-0.2, -0.15) is 13.2 Å². The Kier molecular flexibility index (Phi) is 6.67. The van der Waals surface area contributed by atoms with Crippen LogP contribution in [0.25, 0.3) is 0 Å². The van der Waals surface area contributed by atoms with Crippen LogP contribution in [0.1, 0.15) is 21.5 Å². The molecule has 2 aliphatic rings. The van der Waals surface area contributed by atoms with Crippen molar-refractivity contribution in [1.29, 1.82) is 0 Å². The number of halogens is 4. The van der Waals surface area contributed by atoms with E-state index in [0.29, 0.717) is 45.0 Å². The summed E-state index contributed by atoms with van der Waals surface area (Å²) < 4.78 is 45.2. The fraction of sp³-hybridized carbons (Fsp3) is 0.562. The molecule has 0 aliphatic carbocycles. The molecule has 140 valence electrons. The first kappa shape index (κ1) is 20.0. The number of ether oxygens (including phenoxy) is 1. The number of nitrogens with one attached hydrogen (secondary N) is 2. The molecular formula is C16H21ClF3N3O2. The Bertz CT molecular complexity index is 607. The minimum absolute atomic E-state index is 0. The minimum atomic E-state index is -4.38. The van der Waals surface area contributed by atoms with Crippen molar-refractivity contribution in [3.63, 3.8) is 0 Å². The van der Waals surface area contributed by atoms with Crippen LogP contribution in [0.5, 0.6) is 0 Å². The van der Waals surface area contributed by atoms with E-state index in [9.17, 15) is 18.0 Å². The largest absolute Gasteiger partial charge is 0.405 e. The average molecular weight is 380 g/mol. The van der Waals surface area contributed by atoms with E-state index in [1.165, 1.54) is 4.90 Å². The predicted molar refractivity (Wildman–Crippen MR) is 88.8 cm³/mol. The van der Waals surface area contributed by atoms with Crippen molar-refractivity contribution >= 4 is 18.3 Å². The number of fused-ring (bicyclic) bond motifs is 1. The molecule has 2 heterocycles. The van der Waals surface area contributed by atoms with Gasteiger partial charge in [0.2, 0.25) is 0 Å². The molecule has 0 aromatic heterocycles. The van der Waals surface area contributed by atoms with E-state index in [1.54, 1.807) is 18.2 Å². The monoisotopic (exact) mass is 379 g/mol. The zero-order chi connectivity index (χ0) is 17.2. The van der Waals surface area contributed by atoms with Crippen molar-refractivity contribution in [2.75, 3.05) is 32.7 Å². The molecule has 5 nitrogen and oxygen atoms in total. The van der Waals surface area contributed by atoms with Gasteiger partial charge in [-0.25, -0.2) is 0 Å². The fourth-order valence-electron chi connectivity index (χ4n) is 3.05. The van der Waals surface area contributed by atoms with Crippen molar-refractivity contribution in [3.05, 3.63) is 34.9 Å². The molecule has 1 amide bonds. The summed E-state index contributed by atoms with van der Waals surface area (Å²) in [6, 6.07) is 3.43. The molecule has 0 saturated carbocycles. The van der Waals surface area contributed by atoms with Crippen molar-refractivity contribution in [2.24, 2.45) is 0 Å². The van der Waals surface area contributed by atoms with E-state index < -0.39 is 24.7 Å². The first-order chi connectivity index (χ1) is 11.4. The summed E-state index contributed by atoms with van der Waals surface area (Å²) in [5.41, 5.74) is 2.29. The Balaban J connectivity index is 0.00000225. The molecule has 9 heteroatoms. The summed E-state index contributed by atoms with van der Waals surface area (Å²) in [7, 11) is 0. The van der Waals surface area contributed by atoms with Gasteiger partial charge < -0.3 is 15.4 Å². The summed E-state index contributed by atoms with van der Waals surface area (Å²) in [5.74, 6) is -0.492. The molecule has 1 aromatic rings. The smallest absolute Gasteiger partial charge is 0.372 e. The molecule has 1 aromatic carbocycles. The molecule has 0 bridgehead atoms. The number of carbonyl (C=O) groups excluding carboxylic acids is 1. The van der Waals surface area contributed by atoms with Crippen LogP contribution in [0, 0.1) is 0 Å². The van der Waals surface area contributed by atoms with E-state index in [0.717, 1.165) is 11.1 Å². The van der Waals surface area contributed by atoms with Crippen LogP contribution < -0.4 is 10.6 Å². The molecule has 1 unspecified atom stereocenters. The molecule has 0 radical (unpaired) electrons. The number of amides is 1. The van der Waals surface area contributed by atoms with Gasteiger partial charge >= 0.3 is 6.18 Å². The van der Waals surface area contributed by atoms with E-state index in [2.05, 4.69) is 10.6 Å². The second-order valence-electron chi connectivity index (χ2n) is 6.03. The van der Waals surface area contributed by atoms with E-state index in [1.807, 2.05) is 0 Å². The number of piperazine rings is 1. The summed E-state index contributed by atoms with van der Waals surface area (Å²) in [6.07, 6.45) is -4.38. The van der Waals surface area contributed by atoms with Crippen LogP contribution in [0.4, 0.5) is 13.2 Å². The van der Waals surface area contributed by atoms with Crippen molar-refractivity contribution in [1.82, 2.24) is 15.5 Å². The topological polar surface area (TPSA) is 53.6 Å². The third-order valence-electron chi connectivity index (χ3n) is 4.41. The van der Waals surface area contributed by atoms with E-state index >= 15 is 0 Å². The second-order valence-corrected chi connectivity index (χ2v) is 6.03. The van der Waals surface area contributed by atoms with Crippen LogP contribution in [-0.4, -0.2) is 55.7 Å². The molecule has 0 spiro atoms. The highest BCUT2D eigenvalue weighted by molar-refractivity contribution is 5.94. The lowest BCUT2D eigenvalue weighted by molar-refractivity contribution is -0.183. The molecule has 1 fully saturated rings. The highest BCUT2D eigenvalue weighted by Gasteiger charge is 2.43. The third-order valence-corrected chi connectivity index (χ3v) is 4.41. The maximum absolute atomic E-state index is 13.3. The van der Waals surface area contributed by atoms with Crippen LogP contribution in [0.2, 0.25) is 0 Å². The van der Waals surface area contributed by atoms with Crippen molar-refractivity contribution in [2.45, 2.75) is 25.4 Å². The lowest BCUT2D eigenvalue weighted by Gasteiger charge is -2.35. The molecule has 2 aliphatic heterocycles. The van der Waals surface area contributed by atoms with Gasteiger partial charge in [-0.15, -0.1) is 12.4 Å². The maximum Gasteiger partial charge on any atom is 0.405 e. The van der Waals surface area contributed by atoms with Gasteiger partial charge in [0, 0.05) is 38.3 Å². The van der Waals surface area contributed by atoms with E-state index in [-0.39, 0.29) is 12.4 Å². The lowest BCUT2D eigenvalue weighted by Crippen LogP contribution is -2.57. The Labute approximate surface area is 150 Å². The van der Waals surface area contributed by atoms with Gasteiger partial charge in [-0.05, 0) is 23.3 Å². The minimum Gasteiger partial charge on any atom is -0.372 e. The van der Waals surface area contributed by atoms with Gasteiger partial charge in [0.25, 0.3) is 5.91 Å². The van der Waals surface area contributed by atoms with Crippen molar-refractivity contribution in [3.8, 4) is 0 Å². The molecule has 1 saturated heterocycles. The lowest BCUT2D eigenvalue weighted by atomic mass is 10.1. The van der Waals surface area contributed by atoms with Crippen LogP contribution in [0.3, 0.4) is 0 Å². The fourth-order valence-corrected chi connectivity index (χ4v) is 3.05. The molecule has 2 N–H and O–H groups in total. The number of rotatable bonds is 4. The van der Waals surface area contributed by atoms with Crippen LogP contribution in [0.15, 0.2) is 18.2 Å². The highest BCUT2D eigenvalue weighted by atomic mass is 35.5. The summed E-state index contributed by atoms with van der Waals surface area (Å²) >= 11 is 0. The number of benzene rings is 1. The Hall–Kier alpha value is -1.35. The van der Waals surface area contributed by atoms with Gasteiger partial charge in [-0.1, -0.05) is 6.07 Å². The second kappa shape index (κ2) is 8.35. The normalized spacial score (nSPS) is 19.0. The van der Waals surface area contributed by atoms with Crippen molar-refractivity contribution < 1.29 is 22.7 Å². The maximum atomic E-state index is 13.3. The highest BCUT2D eigenvalue weighted by Crippen LogP contribution is 2.25.